The number of aryl methyl sites for hydroxylation is 1. The molecule has 2 unspecified atom stereocenters. The van der Waals surface area contributed by atoms with Crippen LogP contribution >= 0.6 is 15.9 Å². The molecule has 4 heteroatoms. The van der Waals surface area contributed by atoms with E-state index in [1.165, 1.54) is 5.56 Å². The fourth-order valence-corrected chi connectivity index (χ4v) is 3.41. The first-order valence-electron chi connectivity index (χ1n) is 6.70. The molecule has 0 amide bonds. The molecule has 0 saturated heterocycles. The highest BCUT2D eigenvalue weighted by molar-refractivity contribution is 9.10. The number of halogens is 1. The fraction of sp³-hybridized carbons (Fsp3) is 0.533. The highest BCUT2D eigenvalue weighted by atomic mass is 79.9. The Morgan fingerprint density at radius 2 is 2.21 bits per heavy atom. The highest BCUT2D eigenvalue weighted by Crippen LogP contribution is 2.36. The molecular weight excluding hydrogens is 308 g/mol. The molecule has 0 aliphatic heterocycles. The second kappa shape index (κ2) is 5.63. The molecule has 3 nitrogen and oxygen atoms in total. The average molecular weight is 327 g/mol. The van der Waals surface area contributed by atoms with Crippen LogP contribution in [-0.2, 0) is 17.6 Å². The fourth-order valence-electron chi connectivity index (χ4n) is 3.00. The normalized spacial score (nSPS) is 21.5. The van der Waals surface area contributed by atoms with Gasteiger partial charge in [-0.1, -0.05) is 35.3 Å². The number of hydrogen-bond donors (Lipinski definition) is 2. The number of aliphatic carboxylic acids is 1. The van der Waals surface area contributed by atoms with Crippen LogP contribution < -0.4 is 0 Å². The van der Waals surface area contributed by atoms with Gasteiger partial charge in [-0.15, -0.1) is 0 Å². The van der Waals surface area contributed by atoms with E-state index in [4.69, 9.17) is 0 Å². The third-order valence-corrected chi connectivity index (χ3v) is 4.57. The molecular formula is C15H19BrO3. The highest BCUT2D eigenvalue weighted by Gasteiger charge is 2.44. The van der Waals surface area contributed by atoms with Crippen molar-refractivity contribution in [1.82, 2.24) is 0 Å². The number of aliphatic hydroxyl groups is 1. The van der Waals surface area contributed by atoms with Crippen molar-refractivity contribution in [1.29, 1.82) is 0 Å². The molecule has 0 aromatic heterocycles. The summed E-state index contributed by atoms with van der Waals surface area (Å²) in [6.07, 6.45) is 3.20. The van der Waals surface area contributed by atoms with Gasteiger partial charge in [0, 0.05) is 10.4 Å². The number of carboxylic acids is 1. The second-order valence-electron chi connectivity index (χ2n) is 5.33. The maximum absolute atomic E-state index is 11.4. The Hall–Kier alpha value is -0.870. The van der Waals surface area contributed by atoms with Crippen molar-refractivity contribution in [2.75, 3.05) is 0 Å². The van der Waals surface area contributed by atoms with E-state index in [9.17, 15) is 15.0 Å². The summed E-state index contributed by atoms with van der Waals surface area (Å²) in [4.78, 5) is 11.4. The lowest BCUT2D eigenvalue weighted by Crippen LogP contribution is -2.47. The van der Waals surface area contributed by atoms with Crippen molar-refractivity contribution < 1.29 is 15.0 Å². The van der Waals surface area contributed by atoms with Gasteiger partial charge < -0.3 is 10.2 Å². The third-order valence-electron chi connectivity index (χ3n) is 4.07. The van der Waals surface area contributed by atoms with Crippen LogP contribution in [-0.4, -0.2) is 21.8 Å². The Kier molecular flexibility index (Phi) is 4.31. The van der Waals surface area contributed by atoms with E-state index >= 15 is 0 Å². The Labute approximate surface area is 121 Å². The van der Waals surface area contributed by atoms with Gasteiger partial charge in [0.05, 0.1) is 0 Å². The van der Waals surface area contributed by atoms with Gasteiger partial charge in [-0.2, -0.15) is 0 Å². The van der Waals surface area contributed by atoms with Crippen LogP contribution in [0.3, 0.4) is 0 Å². The van der Waals surface area contributed by atoms with Crippen LogP contribution in [0.5, 0.6) is 0 Å². The standard InChI is InChI=1S/C15H19BrO3/c1-2-7-15(19,14(17)18)12-5-3-11-9-13(16)6-4-10(11)8-12/h4,6,9,12,19H,2-3,5,7-8H2,1H3,(H,17,18). The van der Waals surface area contributed by atoms with Gasteiger partial charge in [-0.25, -0.2) is 4.79 Å². The Morgan fingerprint density at radius 3 is 2.84 bits per heavy atom. The SMILES string of the molecule is CCCC(O)(C(=O)O)C1CCc2cc(Br)ccc2C1. The molecule has 0 spiro atoms. The molecule has 1 aliphatic rings. The Balaban J connectivity index is 2.25. The van der Waals surface area contributed by atoms with Crippen LogP contribution in [0.25, 0.3) is 0 Å². The lowest BCUT2D eigenvalue weighted by atomic mass is 9.73. The molecule has 0 radical (unpaired) electrons. The van der Waals surface area contributed by atoms with Crippen LogP contribution in [0.15, 0.2) is 22.7 Å². The van der Waals surface area contributed by atoms with Gasteiger partial charge >= 0.3 is 5.97 Å². The summed E-state index contributed by atoms with van der Waals surface area (Å²) in [5.41, 5.74) is 0.838. The van der Waals surface area contributed by atoms with Gasteiger partial charge in [0.25, 0.3) is 0 Å². The zero-order chi connectivity index (χ0) is 14.0. The molecule has 0 heterocycles. The molecule has 1 aromatic rings. The monoisotopic (exact) mass is 326 g/mol. The van der Waals surface area contributed by atoms with E-state index in [-0.39, 0.29) is 5.92 Å². The smallest absolute Gasteiger partial charge is 0.335 e. The molecule has 1 aromatic carbocycles. The molecule has 19 heavy (non-hydrogen) atoms. The topological polar surface area (TPSA) is 57.5 Å². The van der Waals surface area contributed by atoms with Gasteiger partial charge in [0.15, 0.2) is 5.60 Å². The van der Waals surface area contributed by atoms with Crippen molar-refractivity contribution in [2.24, 2.45) is 5.92 Å². The molecule has 2 N–H and O–H groups in total. The molecule has 2 atom stereocenters. The summed E-state index contributed by atoms with van der Waals surface area (Å²) >= 11 is 3.45. The Morgan fingerprint density at radius 1 is 1.47 bits per heavy atom. The summed E-state index contributed by atoms with van der Waals surface area (Å²) in [6, 6.07) is 6.09. The largest absolute Gasteiger partial charge is 0.479 e. The number of carboxylic acid groups (broad SMARTS) is 1. The Bertz CT molecular complexity index is 486. The van der Waals surface area contributed by atoms with Crippen molar-refractivity contribution in [3.63, 3.8) is 0 Å². The van der Waals surface area contributed by atoms with Gasteiger partial charge in [0.2, 0.25) is 0 Å². The number of rotatable bonds is 4. The predicted octanol–water partition coefficient (Wildman–Crippen LogP) is 3.17. The molecule has 0 fully saturated rings. The first-order valence-corrected chi connectivity index (χ1v) is 7.49. The molecule has 0 bridgehead atoms. The number of hydrogen-bond acceptors (Lipinski definition) is 2. The van der Waals surface area contributed by atoms with Crippen molar-refractivity contribution in [3.05, 3.63) is 33.8 Å². The molecule has 2 rings (SSSR count). The van der Waals surface area contributed by atoms with Crippen molar-refractivity contribution in [2.45, 2.75) is 44.6 Å². The van der Waals surface area contributed by atoms with Crippen molar-refractivity contribution in [3.8, 4) is 0 Å². The van der Waals surface area contributed by atoms with Crippen molar-refractivity contribution >= 4 is 21.9 Å². The average Bonchev–Trinajstić information content (AvgIpc) is 2.38. The van der Waals surface area contributed by atoms with E-state index in [1.807, 2.05) is 19.1 Å². The minimum Gasteiger partial charge on any atom is -0.479 e. The summed E-state index contributed by atoms with van der Waals surface area (Å²) in [5.74, 6) is -1.28. The number of benzene rings is 1. The van der Waals surface area contributed by atoms with E-state index < -0.39 is 11.6 Å². The van der Waals surface area contributed by atoms with Crippen LogP contribution in [0, 0.1) is 5.92 Å². The predicted molar refractivity (Wildman–Crippen MR) is 77.2 cm³/mol. The zero-order valence-electron chi connectivity index (χ0n) is 11.0. The number of fused-ring (bicyclic) bond motifs is 1. The molecule has 1 aliphatic carbocycles. The summed E-state index contributed by atoms with van der Waals surface area (Å²) in [5, 5.41) is 19.8. The van der Waals surface area contributed by atoms with E-state index in [0.29, 0.717) is 19.3 Å². The molecule has 0 saturated carbocycles. The minimum atomic E-state index is -1.58. The maximum Gasteiger partial charge on any atom is 0.335 e. The van der Waals surface area contributed by atoms with E-state index in [0.717, 1.165) is 22.9 Å². The number of carbonyl (C=O) groups is 1. The summed E-state index contributed by atoms with van der Waals surface area (Å²) in [7, 11) is 0. The van der Waals surface area contributed by atoms with Gasteiger partial charge in [-0.05, 0) is 48.9 Å². The quantitative estimate of drug-likeness (QED) is 0.893. The van der Waals surface area contributed by atoms with Gasteiger partial charge in [-0.3, -0.25) is 0 Å². The van der Waals surface area contributed by atoms with Crippen LogP contribution in [0.4, 0.5) is 0 Å². The van der Waals surface area contributed by atoms with Crippen LogP contribution in [0.2, 0.25) is 0 Å². The lowest BCUT2D eigenvalue weighted by molar-refractivity contribution is -0.166. The van der Waals surface area contributed by atoms with E-state index in [1.54, 1.807) is 0 Å². The molecule has 104 valence electrons. The van der Waals surface area contributed by atoms with E-state index in [2.05, 4.69) is 22.0 Å². The van der Waals surface area contributed by atoms with Crippen LogP contribution in [0.1, 0.15) is 37.3 Å². The van der Waals surface area contributed by atoms with Gasteiger partial charge in [0.1, 0.15) is 0 Å². The third kappa shape index (κ3) is 2.84. The summed E-state index contributed by atoms with van der Waals surface area (Å²) < 4.78 is 1.05. The summed E-state index contributed by atoms with van der Waals surface area (Å²) in [6.45, 7) is 1.90. The minimum absolute atomic E-state index is 0.196. The second-order valence-corrected chi connectivity index (χ2v) is 6.25. The first kappa shape index (κ1) is 14.5. The lowest BCUT2D eigenvalue weighted by Gasteiger charge is -2.35. The first-order chi connectivity index (χ1) is 8.97. The zero-order valence-corrected chi connectivity index (χ0v) is 12.6. The maximum atomic E-state index is 11.4.